The summed E-state index contributed by atoms with van der Waals surface area (Å²) in [5, 5.41) is 2.65. The van der Waals surface area contributed by atoms with Gasteiger partial charge in [0.15, 0.2) is 12.4 Å². The average molecular weight is 350 g/mol. The molecular formula is C20H15FN2O3. The lowest BCUT2D eigenvalue weighted by Crippen LogP contribution is -2.20. The molecule has 6 heteroatoms. The Kier molecular flexibility index (Phi) is 5.34. The molecule has 0 atom stereocenters. The van der Waals surface area contributed by atoms with Gasteiger partial charge in [-0.3, -0.25) is 14.6 Å². The molecular weight excluding hydrogens is 335 g/mol. The molecule has 0 aliphatic carbocycles. The van der Waals surface area contributed by atoms with Crippen molar-refractivity contribution in [1.82, 2.24) is 4.98 Å². The summed E-state index contributed by atoms with van der Waals surface area (Å²) in [6.07, 6.45) is 3.14. The minimum absolute atomic E-state index is 0.175. The van der Waals surface area contributed by atoms with Crippen molar-refractivity contribution in [2.45, 2.75) is 0 Å². The van der Waals surface area contributed by atoms with E-state index in [0.717, 1.165) is 0 Å². The summed E-state index contributed by atoms with van der Waals surface area (Å²) in [7, 11) is 0. The second-order valence-electron chi connectivity index (χ2n) is 5.44. The molecule has 1 aromatic heterocycles. The molecule has 0 spiro atoms. The number of hydrogen-bond donors (Lipinski definition) is 1. The smallest absolute Gasteiger partial charge is 0.262 e. The van der Waals surface area contributed by atoms with Crippen LogP contribution in [0.15, 0.2) is 73.1 Å². The SMILES string of the molecule is O=C(COc1ccc(C(=O)c2cccc(F)c2)cc1)Nc1cccnc1. The lowest BCUT2D eigenvalue weighted by Gasteiger charge is -2.08. The number of nitrogens with zero attached hydrogens (tertiary/aromatic N) is 1. The van der Waals surface area contributed by atoms with Gasteiger partial charge in [-0.15, -0.1) is 0 Å². The molecule has 1 heterocycles. The van der Waals surface area contributed by atoms with Crippen LogP contribution in [-0.4, -0.2) is 23.3 Å². The number of amides is 1. The van der Waals surface area contributed by atoms with E-state index < -0.39 is 5.82 Å². The Labute approximate surface area is 149 Å². The maximum absolute atomic E-state index is 13.2. The normalized spacial score (nSPS) is 10.2. The third kappa shape index (κ3) is 4.51. The van der Waals surface area contributed by atoms with Crippen LogP contribution >= 0.6 is 0 Å². The Balaban J connectivity index is 1.57. The van der Waals surface area contributed by atoms with Gasteiger partial charge < -0.3 is 10.1 Å². The maximum atomic E-state index is 13.2. The highest BCUT2D eigenvalue weighted by molar-refractivity contribution is 6.09. The van der Waals surface area contributed by atoms with E-state index >= 15 is 0 Å². The van der Waals surface area contributed by atoms with Crippen LogP contribution in [0.1, 0.15) is 15.9 Å². The summed E-state index contributed by atoms with van der Waals surface area (Å²) in [4.78, 5) is 28.0. The van der Waals surface area contributed by atoms with Crippen LogP contribution in [-0.2, 0) is 4.79 Å². The highest BCUT2D eigenvalue weighted by Crippen LogP contribution is 2.16. The summed E-state index contributed by atoms with van der Waals surface area (Å²) in [5.41, 5.74) is 1.26. The number of aromatic nitrogens is 1. The minimum atomic E-state index is -0.463. The van der Waals surface area contributed by atoms with Gasteiger partial charge in [0, 0.05) is 17.3 Å². The standard InChI is InChI=1S/C20H15FN2O3/c21-16-4-1-3-15(11-16)20(25)14-6-8-18(9-7-14)26-13-19(24)23-17-5-2-10-22-12-17/h1-12H,13H2,(H,23,24). The largest absolute Gasteiger partial charge is 0.484 e. The quantitative estimate of drug-likeness (QED) is 0.691. The van der Waals surface area contributed by atoms with E-state index in [2.05, 4.69) is 10.3 Å². The van der Waals surface area contributed by atoms with Crippen LogP contribution < -0.4 is 10.1 Å². The molecule has 0 bridgehead atoms. The number of ketones is 1. The fraction of sp³-hybridized carbons (Fsp3) is 0.0500. The van der Waals surface area contributed by atoms with Crippen LogP contribution in [0.4, 0.5) is 10.1 Å². The van der Waals surface area contributed by atoms with Gasteiger partial charge in [-0.2, -0.15) is 0 Å². The van der Waals surface area contributed by atoms with Gasteiger partial charge in [-0.1, -0.05) is 12.1 Å². The number of benzene rings is 2. The summed E-state index contributed by atoms with van der Waals surface area (Å²) in [6.45, 7) is -0.175. The Morgan fingerprint density at radius 2 is 1.81 bits per heavy atom. The zero-order valence-electron chi connectivity index (χ0n) is 13.7. The van der Waals surface area contributed by atoms with Crippen molar-refractivity contribution in [3.63, 3.8) is 0 Å². The monoisotopic (exact) mass is 350 g/mol. The lowest BCUT2D eigenvalue weighted by atomic mass is 10.0. The van der Waals surface area contributed by atoms with E-state index in [1.54, 1.807) is 48.7 Å². The number of nitrogens with one attached hydrogen (secondary N) is 1. The summed E-state index contributed by atoms with van der Waals surface area (Å²) in [6, 6.07) is 15.3. The van der Waals surface area contributed by atoms with Crippen molar-refractivity contribution in [3.8, 4) is 5.75 Å². The van der Waals surface area contributed by atoms with Crippen LogP contribution in [0.3, 0.4) is 0 Å². The van der Waals surface area contributed by atoms with E-state index in [1.165, 1.54) is 24.4 Å². The molecule has 0 aliphatic rings. The molecule has 0 saturated carbocycles. The second-order valence-corrected chi connectivity index (χ2v) is 5.44. The minimum Gasteiger partial charge on any atom is -0.484 e. The molecule has 3 rings (SSSR count). The van der Waals surface area contributed by atoms with Gasteiger partial charge in [-0.05, 0) is 48.5 Å². The number of anilines is 1. The summed E-state index contributed by atoms with van der Waals surface area (Å²) < 4.78 is 18.6. The zero-order chi connectivity index (χ0) is 18.4. The van der Waals surface area contributed by atoms with Crippen LogP contribution in [0, 0.1) is 5.82 Å². The van der Waals surface area contributed by atoms with Crippen molar-refractivity contribution in [1.29, 1.82) is 0 Å². The van der Waals surface area contributed by atoms with Crippen molar-refractivity contribution >= 4 is 17.4 Å². The van der Waals surface area contributed by atoms with E-state index in [-0.39, 0.29) is 23.9 Å². The molecule has 0 unspecified atom stereocenters. The molecule has 0 radical (unpaired) electrons. The molecule has 0 aliphatic heterocycles. The van der Waals surface area contributed by atoms with Crippen LogP contribution in [0.5, 0.6) is 5.75 Å². The van der Waals surface area contributed by atoms with Gasteiger partial charge in [0.1, 0.15) is 11.6 Å². The highest BCUT2D eigenvalue weighted by atomic mass is 19.1. The Bertz CT molecular complexity index is 912. The van der Waals surface area contributed by atoms with Crippen LogP contribution in [0.25, 0.3) is 0 Å². The number of ether oxygens (including phenoxy) is 1. The van der Waals surface area contributed by atoms with Crippen molar-refractivity contribution in [3.05, 3.63) is 90.0 Å². The number of hydrogen-bond acceptors (Lipinski definition) is 4. The van der Waals surface area contributed by atoms with Crippen molar-refractivity contribution in [2.75, 3.05) is 11.9 Å². The number of rotatable bonds is 6. The number of pyridine rings is 1. The predicted octanol–water partition coefficient (Wildman–Crippen LogP) is 3.47. The molecule has 26 heavy (non-hydrogen) atoms. The lowest BCUT2D eigenvalue weighted by molar-refractivity contribution is -0.118. The number of carbonyl (C=O) groups excluding carboxylic acids is 2. The molecule has 3 aromatic rings. The van der Waals surface area contributed by atoms with Crippen molar-refractivity contribution in [2.24, 2.45) is 0 Å². The van der Waals surface area contributed by atoms with Gasteiger partial charge in [0.05, 0.1) is 11.9 Å². The molecule has 1 amide bonds. The molecule has 0 fully saturated rings. The van der Waals surface area contributed by atoms with Crippen LogP contribution in [0.2, 0.25) is 0 Å². The average Bonchev–Trinajstić information content (AvgIpc) is 2.67. The molecule has 5 nitrogen and oxygen atoms in total. The number of halogens is 1. The van der Waals surface area contributed by atoms with Gasteiger partial charge in [0.25, 0.3) is 5.91 Å². The molecule has 1 N–H and O–H groups in total. The Morgan fingerprint density at radius 1 is 1.00 bits per heavy atom. The first-order valence-electron chi connectivity index (χ1n) is 7.85. The zero-order valence-corrected chi connectivity index (χ0v) is 13.7. The predicted molar refractivity (Wildman–Crippen MR) is 94.6 cm³/mol. The van der Waals surface area contributed by atoms with E-state index in [1.807, 2.05) is 0 Å². The Morgan fingerprint density at radius 3 is 2.50 bits per heavy atom. The van der Waals surface area contributed by atoms with Gasteiger partial charge in [-0.25, -0.2) is 4.39 Å². The van der Waals surface area contributed by atoms with Gasteiger partial charge >= 0.3 is 0 Å². The first kappa shape index (κ1) is 17.3. The second kappa shape index (κ2) is 8.02. The first-order valence-corrected chi connectivity index (χ1v) is 7.85. The highest BCUT2D eigenvalue weighted by Gasteiger charge is 2.10. The fourth-order valence-electron chi connectivity index (χ4n) is 2.28. The molecule has 130 valence electrons. The van der Waals surface area contributed by atoms with Gasteiger partial charge in [0.2, 0.25) is 0 Å². The summed E-state index contributed by atoms with van der Waals surface area (Å²) in [5.74, 6) is -0.624. The molecule has 2 aromatic carbocycles. The number of carbonyl (C=O) groups is 2. The summed E-state index contributed by atoms with van der Waals surface area (Å²) >= 11 is 0. The molecule has 0 saturated heterocycles. The third-order valence-electron chi connectivity index (χ3n) is 3.52. The first-order chi connectivity index (χ1) is 12.6. The van der Waals surface area contributed by atoms with E-state index in [0.29, 0.717) is 17.0 Å². The fourth-order valence-corrected chi connectivity index (χ4v) is 2.28. The third-order valence-corrected chi connectivity index (χ3v) is 3.52. The van der Waals surface area contributed by atoms with E-state index in [4.69, 9.17) is 4.74 Å². The van der Waals surface area contributed by atoms with E-state index in [9.17, 15) is 14.0 Å². The Hall–Kier alpha value is -3.54. The van der Waals surface area contributed by atoms with Crippen molar-refractivity contribution < 1.29 is 18.7 Å². The maximum Gasteiger partial charge on any atom is 0.262 e. The topological polar surface area (TPSA) is 68.3 Å².